The molecule has 16 heavy (non-hydrogen) atoms. The Morgan fingerprint density at radius 2 is 2.00 bits per heavy atom. The molecule has 0 radical (unpaired) electrons. The van der Waals surface area contributed by atoms with Crippen LogP contribution in [0.3, 0.4) is 0 Å². The molecule has 0 saturated heterocycles. The van der Waals surface area contributed by atoms with E-state index in [0.717, 1.165) is 10.9 Å². The zero-order valence-corrected chi connectivity index (χ0v) is 11.3. The van der Waals surface area contributed by atoms with E-state index in [9.17, 15) is 4.79 Å². The summed E-state index contributed by atoms with van der Waals surface area (Å²) in [6, 6.07) is 8.08. The van der Waals surface area contributed by atoms with Gasteiger partial charge in [0.05, 0.1) is 0 Å². The Hall–Kier alpha value is -0.830. The molecule has 0 spiro atoms. The second kappa shape index (κ2) is 5.48. The third kappa shape index (κ3) is 4.35. The van der Waals surface area contributed by atoms with Gasteiger partial charge in [-0.2, -0.15) is 0 Å². The van der Waals surface area contributed by atoms with Crippen molar-refractivity contribution in [2.75, 3.05) is 0 Å². The first-order chi connectivity index (χ1) is 7.41. The fraction of sp³-hybridized carbons (Fsp3) is 0.462. The van der Waals surface area contributed by atoms with Crippen LogP contribution in [0.15, 0.2) is 28.7 Å². The summed E-state index contributed by atoms with van der Waals surface area (Å²) in [6.45, 7) is 4.21. The van der Waals surface area contributed by atoms with Gasteiger partial charge in [-0.3, -0.25) is 4.79 Å². The van der Waals surface area contributed by atoms with Crippen molar-refractivity contribution in [3.8, 4) is 0 Å². The molecule has 0 amide bonds. The zero-order valence-electron chi connectivity index (χ0n) is 9.66. The number of aliphatic carboxylic acids is 1. The highest BCUT2D eigenvalue weighted by Crippen LogP contribution is 2.30. The van der Waals surface area contributed by atoms with Crippen LogP contribution in [0.4, 0.5) is 0 Å². The molecule has 0 aliphatic rings. The van der Waals surface area contributed by atoms with Gasteiger partial charge >= 0.3 is 5.97 Å². The van der Waals surface area contributed by atoms with E-state index in [1.165, 1.54) is 5.56 Å². The topological polar surface area (TPSA) is 37.3 Å². The maximum absolute atomic E-state index is 10.6. The van der Waals surface area contributed by atoms with Gasteiger partial charge in [0, 0.05) is 10.9 Å². The third-order valence-corrected chi connectivity index (χ3v) is 3.42. The van der Waals surface area contributed by atoms with Crippen molar-refractivity contribution < 1.29 is 9.90 Å². The number of carboxylic acids is 1. The van der Waals surface area contributed by atoms with Crippen LogP contribution in [0.2, 0.25) is 0 Å². The van der Waals surface area contributed by atoms with Crippen LogP contribution in [0.1, 0.15) is 32.3 Å². The Morgan fingerprint density at radius 3 is 2.56 bits per heavy atom. The number of carboxylic acid groups (broad SMARTS) is 1. The summed E-state index contributed by atoms with van der Waals surface area (Å²) in [7, 11) is 0. The molecule has 0 bridgehead atoms. The van der Waals surface area contributed by atoms with Crippen LogP contribution >= 0.6 is 15.9 Å². The van der Waals surface area contributed by atoms with Gasteiger partial charge in [0.1, 0.15) is 0 Å². The first kappa shape index (κ1) is 13.2. The van der Waals surface area contributed by atoms with Gasteiger partial charge < -0.3 is 5.11 Å². The van der Waals surface area contributed by atoms with E-state index in [-0.39, 0.29) is 11.8 Å². The average Bonchev–Trinajstić information content (AvgIpc) is 2.19. The Kier molecular flexibility index (Phi) is 4.54. The standard InChI is InChI=1S/C13H17BrO2/c1-13(2,8-7-12(15)16)9-10-5-3-4-6-11(10)14/h3-6H,7-9H2,1-2H3,(H,15,16). The van der Waals surface area contributed by atoms with Crippen molar-refractivity contribution in [3.63, 3.8) is 0 Å². The van der Waals surface area contributed by atoms with Crippen LogP contribution in [-0.2, 0) is 11.2 Å². The SMILES string of the molecule is CC(C)(CCC(=O)O)Cc1ccccc1Br. The third-order valence-electron chi connectivity index (χ3n) is 2.64. The van der Waals surface area contributed by atoms with Gasteiger partial charge in [0.15, 0.2) is 0 Å². The quantitative estimate of drug-likeness (QED) is 0.891. The Labute approximate surface area is 105 Å². The first-order valence-corrected chi connectivity index (χ1v) is 6.15. The minimum Gasteiger partial charge on any atom is -0.481 e. The summed E-state index contributed by atoms with van der Waals surface area (Å²) in [5.74, 6) is -0.722. The van der Waals surface area contributed by atoms with Crippen molar-refractivity contribution in [1.29, 1.82) is 0 Å². The van der Waals surface area contributed by atoms with Crippen molar-refractivity contribution >= 4 is 21.9 Å². The summed E-state index contributed by atoms with van der Waals surface area (Å²) in [5, 5.41) is 8.69. The molecule has 1 rings (SSSR count). The molecule has 2 nitrogen and oxygen atoms in total. The largest absolute Gasteiger partial charge is 0.481 e. The predicted octanol–water partition coefficient (Wildman–Crippen LogP) is 3.88. The number of benzene rings is 1. The lowest BCUT2D eigenvalue weighted by Gasteiger charge is -2.24. The van der Waals surface area contributed by atoms with Gasteiger partial charge in [-0.25, -0.2) is 0 Å². The number of hydrogen-bond acceptors (Lipinski definition) is 1. The second-order valence-corrected chi connectivity index (χ2v) is 5.68. The maximum Gasteiger partial charge on any atom is 0.303 e. The molecule has 88 valence electrons. The maximum atomic E-state index is 10.6. The fourth-order valence-electron chi connectivity index (χ4n) is 1.69. The normalized spacial score (nSPS) is 11.4. The van der Waals surface area contributed by atoms with Gasteiger partial charge in [0.2, 0.25) is 0 Å². The van der Waals surface area contributed by atoms with Gasteiger partial charge in [0.25, 0.3) is 0 Å². The van der Waals surface area contributed by atoms with Crippen LogP contribution in [0.5, 0.6) is 0 Å². The lowest BCUT2D eigenvalue weighted by molar-refractivity contribution is -0.137. The van der Waals surface area contributed by atoms with Crippen molar-refractivity contribution in [1.82, 2.24) is 0 Å². The lowest BCUT2D eigenvalue weighted by Crippen LogP contribution is -2.17. The highest BCUT2D eigenvalue weighted by molar-refractivity contribution is 9.10. The molecule has 0 saturated carbocycles. The number of halogens is 1. The Bertz CT molecular complexity index is 372. The zero-order chi connectivity index (χ0) is 12.2. The molecule has 0 aromatic heterocycles. The van der Waals surface area contributed by atoms with Gasteiger partial charge in [-0.05, 0) is 29.9 Å². The Balaban J connectivity index is 2.65. The van der Waals surface area contributed by atoms with Crippen molar-refractivity contribution in [3.05, 3.63) is 34.3 Å². The number of rotatable bonds is 5. The lowest BCUT2D eigenvalue weighted by atomic mass is 9.81. The van der Waals surface area contributed by atoms with Gasteiger partial charge in [-0.15, -0.1) is 0 Å². The molecule has 1 aromatic carbocycles. The van der Waals surface area contributed by atoms with Crippen molar-refractivity contribution in [2.45, 2.75) is 33.1 Å². The second-order valence-electron chi connectivity index (χ2n) is 4.83. The monoisotopic (exact) mass is 284 g/mol. The van der Waals surface area contributed by atoms with E-state index in [4.69, 9.17) is 5.11 Å². The molecular formula is C13H17BrO2. The smallest absolute Gasteiger partial charge is 0.303 e. The average molecular weight is 285 g/mol. The van der Waals surface area contributed by atoms with Crippen molar-refractivity contribution in [2.24, 2.45) is 5.41 Å². The Morgan fingerprint density at radius 1 is 1.38 bits per heavy atom. The molecule has 0 heterocycles. The minimum atomic E-state index is -0.722. The van der Waals surface area contributed by atoms with E-state index < -0.39 is 5.97 Å². The molecule has 0 fully saturated rings. The molecule has 0 aliphatic carbocycles. The molecule has 0 atom stereocenters. The van der Waals surface area contributed by atoms with Crippen LogP contribution in [-0.4, -0.2) is 11.1 Å². The van der Waals surface area contributed by atoms with E-state index in [1.54, 1.807) is 0 Å². The van der Waals surface area contributed by atoms with E-state index >= 15 is 0 Å². The fourth-order valence-corrected chi connectivity index (χ4v) is 2.12. The summed E-state index contributed by atoms with van der Waals surface area (Å²) >= 11 is 3.51. The number of hydrogen-bond donors (Lipinski definition) is 1. The molecule has 0 aliphatic heterocycles. The minimum absolute atomic E-state index is 0.0161. The predicted molar refractivity (Wildman–Crippen MR) is 68.5 cm³/mol. The first-order valence-electron chi connectivity index (χ1n) is 5.36. The molecule has 3 heteroatoms. The summed E-state index contributed by atoms with van der Waals surface area (Å²) in [6.07, 6.45) is 1.82. The van der Waals surface area contributed by atoms with Crippen LogP contribution < -0.4 is 0 Å². The van der Waals surface area contributed by atoms with E-state index in [1.807, 2.05) is 18.2 Å². The number of carbonyl (C=O) groups is 1. The molecular weight excluding hydrogens is 268 g/mol. The summed E-state index contributed by atoms with van der Waals surface area (Å²) in [5.41, 5.74) is 1.25. The molecule has 1 aromatic rings. The molecule has 1 N–H and O–H groups in total. The van der Waals surface area contributed by atoms with Gasteiger partial charge in [-0.1, -0.05) is 48.0 Å². The van der Waals surface area contributed by atoms with E-state index in [2.05, 4.69) is 35.8 Å². The molecule has 0 unspecified atom stereocenters. The van der Waals surface area contributed by atoms with Crippen LogP contribution in [0, 0.1) is 5.41 Å². The van der Waals surface area contributed by atoms with E-state index in [0.29, 0.717) is 6.42 Å². The highest BCUT2D eigenvalue weighted by atomic mass is 79.9. The van der Waals surface area contributed by atoms with Crippen LogP contribution in [0.25, 0.3) is 0 Å². The highest BCUT2D eigenvalue weighted by Gasteiger charge is 2.20. The summed E-state index contributed by atoms with van der Waals surface area (Å²) < 4.78 is 1.10. The summed E-state index contributed by atoms with van der Waals surface area (Å²) in [4.78, 5) is 10.6.